The summed E-state index contributed by atoms with van der Waals surface area (Å²) in [5.41, 5.74) is -0.362. The van der Waals surface area contributed by atoms with Crippen LogP contribution in [0.3, 0.4) is 0 Å². The summed E-state index contributed by atoms with van der Waals surface area (Å²) >= 11 is 0. The Morgan fingerprint density at radius 3 is 2.56 bits per heavy atom. The largest absolute Gasteiger partial charge is 0.480 e. The number of hydrogen-bond donors (Lipinski definition) is 1. The SMILES string of the molecule is CC(C)(C)N(CC(=O)O)c1cccc(F)c1C#N. The van der Waals surface area contributed by atoms with Crippen LogP contribution in [0.25, 0.3) is 0 Å². The predicted molar refractivity (Wildman–Crippen MR) is 65.8 cm³/mol. The molecule has 0 aromatic heterocycles. The van der Waals surface area contributed by atoms with Gasteiger partial charge in [-0.25, -0.2) is 4.39 Å². The van der Waals surface area contributed by atoms with E-state index in [1.54, 1.807) is 12.1 Å². The van der Waals surface area contributed by atoms with Crippen LogP contribution in [0.4, 0.5) is 10.1 Å². The van der Waals surface area contributed by atoms with E-state index in [1.165, 1.54) is 17.0 Å². The van der Waals surface area contributed by atoms with Crippen LogP contribution in [-0.4, -0.2) is 23.2 Å². The first-order valence-corrected chi connectivity index (χ1v) is 5.45. The van der Waals surface area contributed by atoms with Gasteiger partial charge in [-0.05, 0) is 32.9 Å². The molecule has 0 unspecified atom stereocenters. The number of benzene rings is 1. The van der Waals surface area contributed by atoms with E-state index >= 15 is 0 Å². The summed E-state index contributed by atoms with van der Waals surface area (Å²) in [5.74, 6) is -1.67. The number of hydrogen-bond acceptors (Lipinski definition) is 3. The number of nitriles is 1. The van der Waals surface area contributed by atoms with Crippen LogP contribution < -0.4 is 4.90 Å². The lowest BCUT2D eigenvalue weighted by Crippen LogP contribution is -2.45. The molecule has 0 saturated carbocycles. The Kier molecular flexibility index (Phi) is 3.92. The summed E-state index contributed by atoms with van der Waals surface area (Å²) in [6.07, 6.45) is 0. The third-order valence-corrected chi connectivity index (χ3v) is 2.50. The molecular formula is C13H15FN2O2. The van der Waals surface area contributed by atoms with E-state index in [1.807, 2.05) is 20.8 Å². The fourth-order valence-electron chi connectivity index (χ4n) is 1.67. The highest BCUT2D eigenvalue weighted by atomic mass is 19.1. The molecule has 5 heteroatoms. The molecule has 0 heterocycles. The minimum absolute atomic E-state index is 0.131. The van der Waals surface area contributed by atoms with Gasteiger partial charge < -0.3 is 10.0 Å². The molecule has 18 heavy (non-hydrogen) atoms. The molecule has 96 valence electrons. The molecular weight excluding hydrogens is 235 g/mol. The zero-order chi connectivity index (χ0) is 13.9. The summed E-state index contributed by atoms with van der Waals surface area (Å²) < 4.78 is 13.5. The molecule has 0 atom stereocenters. The van der Waals surface area contributed by atoms with E-state index in [0.29, 0.717) is 5.69 Å². The van der Waals surface area contributed by atoms with Gasteiger partial charge in [0.15, 0.2) is 0 Å². The molecule has 0 aliphatic heterocycles. The van der Waals surface area contributed by atoms with E-state index in [4.69, 9.17) is 10.4 Å². The Hall–Kier alpha value is -2.09. The second-order valence-corrected chi connectivity index (χ2v) is 4.90. The lowest BCUT2D eigenvalue weighted by molar-refractivity contribution is -0.135. The third kappa shape index (κ3) is 2.98. The number of carboxylic acids is 1. The number of aliphatic carboxylic acids is 1. The minimum Gasteiger partial charge on any atom is -0.480 e. The normalized spacial score (nSPS) is 10.8. The van der Waals surface area contributed by atoms with Gasteiger partial charge in [0, 0.05) is 5.54 Å². The van der Waals surface area contributed by atoms with Crippen molar-refractivity contribution in [2.24, 2.45) is 0 Å². The Labute approximate surface area is 105 Å². The van der Waals surface area contributed by atoms with Gasteiger partial charge in [0.1, 0.15) is 24.0 Å². The third-order valence-electron chi connectivity index (χ3n) is 2.50. The van der Waals surface area contributed by atoms with Crippen molar-refractivity contribution in [1.29, 1.82) is 5.26 Å². The summed E-state index contributed by atoms with van der Waals surface area (Å²) in [4.78, 5) is 12.4. The molecule has 0 amide bonds. The molecule has 1 N–H and O–H groups in total. The summed E-state index contributed by atoms with van der Waals surface area (Å²) in [5, 5.41) is 17.9. The molecule has 1 aromatic carbocycles. The Bertz CT molecular complexity index is 501. The van der Waals surface area contributed by atoms with Crippen LogP contribution in [0, 0.1) is 17.1 Å². The van der Waals surface area contributed by atoms with Crippen LogP contribution in [-0.2, 0) is 4.79 Å². The zero-order valence-electron chi connectivity index (χ0n) is 10.6. The highest BCUT2D eigenvalue weighted by Gasteiger charge is 2.26. The quantitative estimate of drug-likeness (QED) is 0.894. The second kappa shape index (κ2) is 5.05. The molecule has 1 rings (SSSR count). The minimum atomic E-state index is -1.03. The van der Waals surface area contributed by atoms with Crippen LogP contribution >= 0.6 is 0 Å². The number of nitrogens with zero attached hydrogens (tertiary/aromatic N) is 2. The van der Waals surface area contributed by atoms with Gasteiger partial charge in [-0.15, -0.1) is 0 Å². The fourth-order valence-corrected chi connectivity index (χ4v) is 1.67. The fraction of sp³-hybridized carbons (Fsp3) is 0.385. The predicted octanol–water partition coefficient (Wildman–Crippen LogP) is 2.39. The highest BCUT2D eigenvalue weighted by Crippen LogP contribution is 2.28. The van der Waals surface area contributed by atoms with E-state index in [-0.39, 0.29) is 12.1 Å². The van der Waals surface area contributed by atoms with Crippen LogP contribution in [0.15, 0.2) is 18.2 Å². The number of carboxylic acid groups (broad SMARTS) is 1. The molecule has 0 fully saturated rings. The average Bonchev–Trinajstić information content (AvgIpc) is 2.24. The highest BCUT2D eigenvalue weighted by molar-refractivity contribution is 5.76. The average molecular weight is 250 g/mol. The van der Waals surface area contributed by atoms with Crippen molar-refractivity contribution in [2.75, 3.05) is 11.4 Å². The van der Waals surface area contributed by atoms with Crippen LogP contribution in [0.5, 0.6) is 0 Å². The molecule has 0 radical (unpaired) electrons. The van der Waals surface area contributed by atoms with Crippen molar-refractivity contribution in [2.45, 2.75) is 26.3 Å². The number of halogens is 1. The van der Waals surface area contributed by atoms with Crippen molar-refractivity contribution in [3.63, 3.8) is 0 Å². The van der Waals surface area contributed by atoms with Gasteiger partial charge in [0.2, 0.25) is 0 Å². The molecule has 0 saturated heterocycles. The van der Waals surface area contributed by atoms with Crippen molar-refractivity contribution >= 4 is 11.7 Å². The van der Waals surface area contributed by atoms with Gasteiger partial charge in [0.05, 0.1) is 5.69 Å². The Morgan fingerprint density at radius 1 is 1.50 bits per heavy atom. The molecule has 0 bridgehead atoms. The van der Waals surface area contributed by atoms with Gasteiger partial charge in [-0.2, -0.15) is 5.26 Å². The van der Waals surface area contributed by atoms with Crippen LogP contribution in [0.1, 0.15) is 26.3 Å². The number of anilines is 1. The smallest absolute Gasteiger partial charge is 0.323 e. The molecule has 4 nitrogen and oxygen atoms in total. The maximum absolute atomic E-state index is 13.5. The van der Waals surface area contributed by atoms with Gasteiger partial charge in [-0.3, -0.25) is 4.79 Å². The lowest BCUT2D eigenvalue weighted by Gasteiger charge is -2.37. The lowest BCUT2D eigenvalue weighted by atomic mass is 10.0. The van der Waals surface area contributed by atoms with Gasteiger partial charge >= 0.3 is 5.97 Å². The van der Waals surface area contributed by atoms with Crippen LogP contribution in [0.2, 0.25) is 0 Å². The summed E-state index contributed by atoms with van der Waals surface area (Å²) in [6.45, 7) is 5.13. The van der Waals surface area contributed by atoms with Crippen molar-refractivity contribution in [1.82, 2.24) is 0 Å². The Morgan fingerprint density at radius 2 is 2.11 bits per heavy atom. The van der Waals surface area contributed by atoms with Crippen molar-refractivity contribution in [3.05, 3.63) is 29.6 Å². The maximum atomic E-state index is 13.5. The molecule has 1 aromatic rings. The van der Waals surface area contributed by atoms with E-state index in [9.17, 15) is 9.18 Å². The topological polar surface area (TPSA) is 64.3 Å². The zero-order valence-corrected chi connectivity index (χ0v) is 10.6. The van der Waals surface area contributed by atoms with Crippen molar-refractivity contribution < 1.29 is 14.3 Å². The van der Waals surface area contributed by atoms with Gasteiger partial charge in [0.25, 0.3) is 0 Å². The first-order valence-electron chi connectivity index (χ1n) is 5.45. The number of rotatable bonds is 3. The van der Waals surface area contributed by atoms with E-state index in [2.05, 4.69) is 0 Å². The molecule has 0 spiro atoms. The number of carbonyl (C=O) groups is 1. The van der Waals surface area contributed by atoms with E-state index in [0.717, 1.165) is 0 Å². The monoisotopic (exact) mass is 250 g/mol. The molecule has 0 aliphatic rings. The first kappa shape index (κ1) is 14.0. The maximum Gasteiger partial charge on any atom is 0.323 e. The second-order valence-electron chi connectivity index (χ2n) is 4.90. The Balaban J connectivity index is 3.35. The summed E-state index contributed by atoms with van der Waals surface area (Å²) in [6, 6.07) is 5.98. The van der Waals surface area contributed by atoms with Crippen molar-refractivity contribution in [3.8, 4) is 6.07 Å². The van der Waals surface area contributed by atoms with Gasteiger partial charge in [-0.1, -0.05) is 6.07 Å². The van der Waals surface area contributed by atoms with E-state index < -0.39 is 17.3 Å². The first-order chi connectivity index (χ1) is 8.27. The summed E-state index contributed by atoms with van der Waals surface area (Å²) in [7, 11) is 0. The molecule has 0 aliphatic carbocycles. The standard InChI is InChI=1S/C13H15FN2O2/c1-13(2,3)16(8-12(17)18)11-6-4-5-10(14)9(11)7-15/h4-6H,8H2,1-3H3,(H,17,18).